The van der Waals surface area contributed by atoms with E-state index < -0.39 is 0 Å². The molecule has 2 atom stereocenters. The summed E-state index contributed by atoms with van der Waals surface area (Å²) >= 11 is 0. The molecule has 0 aliphatic carbocycles. The van der Waals surface area contributed by atoms with Crippen LogP contribution in [0, 0.1) is 11.8 Å². The lowest BCUT2D eigenvalue weighted by Crippen LogP contribution is -2.31. The van der Waals surface area contributed by atoms with E-state index >= 15 is 0 Å². The molecule has 0 aromatic heterocycles. The van der Waals surface area contributed by atoms with Gasteiger partial charge in [0.25, 0.3) is 5.91 Å². The number of carbonyl (C=O) groups excluding carboxylic acids is 1. The Morgan fingerprint density at radius 3 is 2.83 bits per heavy atom. The fraction of sp³-hybridized carbons (Fsp3) is 0.632. The second-order valence-corrected chi connectivity index (χ2v) is 6.94. The molecule has 0 spiro atoms. The molecule has 1 saturated heterocycles. The minimum atomic E-state index is -0.0411. The summed E-state index contributed by atoms with van der Waals surface area (Å²) in [6.45, 7) is 7.03. The minimum absolute atomic E-state index is 0.0411. The van der Waals surface area contributed by atoms with Gasteiger partial charge in [0.15, 0.2) is 6.61 Å². The average molecular weight is 334 g/mol. The molecule has 5 nitrogen and oxygen atoms in total. The van der Waals surface area contributed by atoms with Gasteiger partial charge in [-0.2, -0.15) is 0 Å². The van der Waals surface area contributed by atoms with Crippen molar-refractivity contribution < 1.29 is 14.3 Å². The smallest absolute Gasteiger partial charge is 0.259 e. The van der Waals surface area contributed by atoms with Gasteiger partial charge in [0.05, 0.1) is 6.10 Å². The fourth-order valence-corrected chi connectivity index (χ4v) is 3.06. The molecule has 0 bridgehead atoms. The molecule has 1 heterocycles. The van der Waals surface area contributed by atoms with Crippen molar-refractivity contribution in [1.82, 2.24) is 10.2 Å². The van der Waals surface area contributed by atoms with E-state index in [0.29, 0.717) is 17.9 Å². The van der Waals surface area contributed by atoms with Gasteiger partial charge < -0.3 is 19.7 Å². The Morgan fingerprint density at radius 2 is 2.12 bits per heavy atom. The maximum Gasteiger partial charge on any atom is 0.259 e. The number of nitrogens with one attached hydrogen (secondary N) is 1. The Kier molecular flexibility index (Phi) is 7.06. The zero-order valence-corrected chi connectivity index (χ0v) is 15.2. The summed E-state index contributed by atoms with van der Waals surface area (Å²) in [5.74, 6) is 1.84. The molecule has 1 aromatic rings. The summed E-state index contributed by atoms with van der Waals surface area (Å²) in [6.07, 6.45) is 1.47. The molecule has 1 N–H and O–H groups in total. The zero-order valence-electron chi connectivity index (χ0n) is 15.2. The third-order valence-electron chi connectivity index (χ3n) is 4.47. The van der Waals surface area contributed by atoms with Crippen LogP contribution in [0.3, 0.4) is 0 Å². The van der Waals surface area contributed by atoms with E-state index in [1.807, 2.05) is 24.3 Å². The second kappa shape index (κ2) is 9.04. The van der Waals surface area contributed by atoms with Crippen LogP contribution < -0.4 is 10.1 Å². The molecule has 1 fully saturated rings. The van der Waals surface area contributed by atoms with Crippen molar-refractivity contribution in [2.75, 3.05) is 33.9 Å². The first-order chi connectivity index (χ1) is 11.5. The number of para-hydroxylation sites is 1. The lowest BCUT2D eigenvalue weighted by atomic mass is 9.93. The Labute approximate surface area is 145 Å². The largest absolute Gasteiger partial charge is 0.483 e. The SMILES string of the molecule is CC(C)[C@H]1OCC[C@@H]1CNCc1ccccc1OCC(=O)N(C)C. The summed E-state index contributed by atoms with van der Waals surface area (Å²) < 4.78 is 11.5. The quantitative estimate of drug-likeness (QED) is 0.793. The highest BCUT2D eigenvalue weighted by Gasteiger charge is 2.30. The highest BCUT2D eigenvalue weighted by atomic mass is 16.5. The van der Waals surface area contributed by atoms with Crippen molar-refractivity contribution >= 4 is 5.91 Å². The normalized spacial score (nSPS) is 20.4. The predicted octanol–water partition coefficient (Wildman–Crippen LogP) is 2.30. The molecule has 0 saturated carbocycles. The molecule has 1 aliphatic rings. The minimum Gasteiger partial charge on any atom is -0.483 e. The summed E-state index contributed by atoms with van der Waals surface area (Å²) in [7, 11) is 3.46. The number of nitrogens with zero attached hydrogens (tertiary/aromatic N) is 1. The van der Waals surface area contributed by atoms with E-state index in [1.165, 1.54) is 4.90 Å². The van der Waals surface area contributed by atoms with Crippen LogP contribution in [-0.4, -0.2) is 50.8 Å². The number of amides is 1. The van der Waals surface area contributed by atoms with Gasteiger partial charge in [-0.25, -0.2) is 0 Å². The van der Waals surface area contributed by atoms with Crippen molar-refractivity contribution in [2.45, 2.75) is 32.9 Å². The van der Waals surface area contributed by atoms with E-state index in [0.717, 1.165) is 37.4 Å². The number of hydrogen-bond acceptors (Lipinski definition) is 4. The first-order valence-electron chi connectivity index (χ1n) is 8.72. The average Bonchev–Trinajstić information content (AvgIpc) is 3.02. The van der Waals surface area contributed by atoms with Gasteiger partial charge >= 0.3 is 0 Å². The molecule has 0 unspecified atom stereocenters. The summed E-state index contributed by atoms with van der Waals surface area (Å²) in [6, 6.07) is 7.87. The molecule has 1 aromatic carbocycles. The first kappa shape index (κ1) is 18.7. The van der Waals surface area contributed by atoms with Crippen molar-refractivity contribution in [1.29, 1.82) is 0 Å². The van der Waals surface area contributed by atoms with Crippen LogP contribution in [0.5, 0.6) is 5.75 Å². The highest BCUT2D eigenvalue weighted by molar-refractivity contribution is 5.77. The van der Waals surface area contributed by atoms with Gasteiger partial charge in [-0.3, -0.25) is 4.79 Å². The third-order valence-corrected chi connectivity index (χ3v) is 4.47. The van der Waals surface area contributed by atoms with Crippen molar-refractivity contribution in [2.24, 2.45) is 11.8 Å². The van der Waals surface area contributed by atoms with Crippen LogP contribution in [0.1, 0.15) is 25.8 Å². The van der Waals surface area contributed by atoms with Gasteiger partial charge in [0.1, 0.15) is 5.75 Å². The fourth-order valence-electron chi connectivity index (χ4n) is 3.06. The summed E-state index contributed by atoms with van der Waals surface area (Å²) in [5.41, 5.74) is 1.07. The number of carbonyl (C=O) groups is 1. The molecule has 1 aliphatic heterocycles. The first-order valence-corrected chi connectivity index (χ1v) is 8.72. The summed E-state index contributed by atoms with van der Waals surface area (Å²) in [4.78, 5) is 13.2. The molecule has 5 heteroatoms. The molecule has 24 heavy (non-hydrogen) atoms. The number of likely N-dealkylation sites (N-methyl/N-ethyl adjacent to an activating group) is 1. The van der Waals surface area contributed by atoms with Crippen LogP contribution >= 0.6 is 0 Å². The maximum absolute atomic E-state index is 11.7. The van der Waals surface area contributed by atoms with E-state index in [-0.39, 0.29) is 12.5 Å². The third kappa shape index (κ3) is 5.21. The molecular weight excluding hydrogens is 304 g/mol. The highest BCUT2D eigenvalue weighted by Crippen LogP contribution is 2.26. The van der Waals surface area contributed by atoms with Gasteiger partial charge in [-0.05, 0) is 24.3 Å². The predicted molar refractivity (Wildman–Crippen MR) is 95.0 cm³/mol. The Balaban J connectivity index is 1.85. The van der Waals surface area contributed by atoms with E-state index in [4.69, 9.17) is 9.47 Å². The monoisotopic (exact) mass is 334 g/mol. The molecule has 2 rings (SSSR count). The maximum atomic E-state index is 11.7. The Morgan fingerprint density at radius 1 is 1.38 bits per heavy atom. The van der Waals surface area contributed by atoms with Crippen LogP contribution in [0.4, 0.5) is 0 Å². The van der Waals surface area contributed by atoms with E-state index in [9.17, 15) is 4.79 Å². The molecule has 1 amide bonds. The number of hydrogen-bond donors (Lipinski definition) is 1. The standard InChI is InChI=1S/C19H30N2O3/c1-14(2)19-16(9-10-23-19)12-20-11-15-7-5-6-8-17(15)24-13-18(22)21(3)4/h5-8,14,16,19-20H,9-13H2,1-4H3/t16-,19-/m1/s1. The summed E-state index contributed by atoms with van der Waals surface area (Å²) in [5, 5.41) is 3.52. The zero-order chi connectivity index (χ0) is 17.5. The van der Waals surface area contributed by atoms with Crippen LogP contribution in [0.2, 0.25) is 0 Å². The van der Waals surface area contributed by atoms with Crippen molar-refractivity contribution in [3.05, 3.63) is 29.8 Å². The van der Waals surface area contributed by atoms with Crippen LogP contribution in [0.15, 0.2) is 24.3 Å². The van der Waals surface area contributed by atoms with E-state index in [2.05, 4.69) is 19.2 Å². The number of benzene rings is 1. The second-order valence-electron chi connectivity index (χ2n) is 6.94. The van der Waals surface area contributed by atoms with Crippen LogP contribution in [0.25, 0.3) is 0 Å². The molecular formula is C19H30N2O3. The molecule has 134 valence electrons. The van der Waals surface area contributed by atoms with Crippen molar-refractivity contribution in [3.8, 4) is 5.75 Å². The number of rotatable bonds is 8. The van der Waals surface area contributed by atoms with Gasteiger partial charge in [-0.1, -0.05) is 32.0 Å². The van der Waals surface area contributed by atoms with Gasteiger partial charge in [-0.15, -0.1) is 0 Å². The topological polar surface area (TPSA) is 50.8 Å². The lowest BCUT2D eigenvalue weighted by Gasteiger charge is -2.22. The Hall–Kier alpha value is -1.59. The van der Waals surface area contributed by atoms with Crippen molar-refractivity contribution in [3.63, 3.8) is 0 Å². The Bertz CT molecular complexity index is 531. The lowest BCUT2D eigenvalue weighted by molar-refractivity contribution is -0.130. The van der Waals surface area contributed by atoms with Gasteiger partial charge in [0, 0.05) is 39.4 Å². The number of ether oxygens (including phenoxy) is 2. The molecule has 0 radical (unpaired) electrons. The van der Waals surface area contributed by atoms with Gasteiger partial charge in [0.2, 0.25) is 0 Å². The van der Waals surface area contributed by atoms with Crippen LogP contribution in [-0.2, 0) is 16.1 Å². The van der Waals surface area contributed by atoms with E-state index in [1.54, 1.807) is 14.1 Å².